The van der Waals surface area contributed by atoms with Crippen molar-refractivity contribution in [1.29, 1.82) is 0 Å². The minimum absolute atomic E-state index is 0.378. The molecule has 0 aliphatic rings. The quantitative estimate of drug-likeness (QED) is 0.644. The van der Waals surface area contributed by atoms with Gasteiger partial charge in [-0.05, 0) is 31.9 Å². The van der Waals surface area contributed by atoms with Crippen molar-refractivity contribution in [3.8, 4) is 0 Å². The first-order valence-electron chi connectivity index (χ1n) is 7.27. The molecule has 7 heteroatoms. The molecule has 122 valence electrons. The van der Waals surface area contributed by atoms with Crippen LogP contribution in [0.4, 0.5) is 0 Å². The van der Waals surface area contributed by atoms with E-state index in [0.717, 1.165) is 10.4 Å². The van der Waals surface area contributed by atoms with Gasteiger partial charge >= 0.3 is 0 Å². The molecule has 0 saturated heterocycles. The average Bonchev–Trinajstić information content (AvgIpc) is 2.78. The fourth-order valence-corrected chi connectivity index (χ4v) is 4.35. The van der Waals surface area contributed by atoms with Gasteiger partial charge in [0, 0.05) is 37.2 Å². The van der Waals surface area contributed by atoms with Crippen molar-refractivity contribution in [1.82, 2.24) is 10.0 Å². The Morgan fingerprint density at radius 1 is 1.38 bits per heavy atom. The van der Waals surface area contributed by atoms with Gasteiger partial charge in [-0.15, -0.1) is 11.3 Å². The number of hydrogen-bond acceptors (Lipinski definition) is 5. The van der Waals surface area contributed by atoms with Crippen molar-refractivity contribution in [3.05, 3.63) is 16.5 Å². The van der Waals surface area contributed by atoms with Crippen LogP contribution in [0.3, 0.4) is 0 Å². The smallest absolute Gasteiger partial charge is 0.250 e. The maximum Gasteiger partial charge on any atom is 0.250 e. The van der Waals surface area contributed by atoms with E-state index in [1.807, 2.05) is 13.8 Å². The Morgan fingerprint density at radius 2 is 2.10 bits per heavy atom. The Labute approximate surface area is 132 Å². The summed E-state index contributed by atoms with van der Waals surface area (Å²) in [6, 6.07) is 2.12. The molecule has 1 aromatic rings. The topological polar surface area (TPSA) is 67.4 Å². The predicted molar refractivity (Wildman–Crippen MR) is 87.3 cm³/mol. The van der Waals surface area contributed by atoms with Gasteiger partial charge in [-0.3, -0.25) is 0 Å². The summed E-state index contributed by atoms with van der Waals surface area (Å²) in [5.74, 6) is 0. The lowest BCUT2D eigenvalue weighted by atomic mass is 10.3. The van der Waals surface area contributed by atoms with E-state index >= 15 is 0 Å². The first kappa shape index (κ1) is 18.6. The zero-order valence-corrected chi connectivity index (χ0v) is 14.9. The van der Waals surface area contributed by atoms with Gasteiger partial charge in [-0.25, -0.2) is 13.1 Å². The van der Waals surface area contributed by atoms with Crippen molar-refractivity contribution in [2.45, 2.75) is 50.9 Å². The Balaban J connectivity index is 2.60. The molecule has 0 aliphatic carbocycles. The van der Waals surface area contributed by atoms with Crippen LogP contribution in [0, 0.1) is 6.92 Å². The minimum Gasteiger partial charge on any atom is -0.382 e. The van der Waals surface area contributed by atoms with Crippen LogP contribution in [0.25, 0.3) is 0 Å². The maximum absolute atomic E-state index is 12.2. The summed E-state index contributed by atoms with van der Waals surface area (Å²) in [5.41, 5.74) is 1.02. The molecule has 0 unspecified atom stereocenters. The first-order valence-corrected chi connectivity index (χ1v) is 9.57. The van der Waals surface area contributed by atoms with E-state index in [1.165, 1.54) is 11.3 Å². The van der Waals surface area contributed by atoms with Crippen LogP contribution in [0.2, 0.25) is 0 Å². The molecular formula is C14H26N2O3S2. The third kappa shape index (κ3) is 6.44. The molecule has 0 bridgehead atoms. The fourth-order valence-electron chi connectivity index (χ4n) is 1.69. The fraction of sp³-hybridized carbons (Fsp3) is 0.714. The van der Waals surface area contributed by atoms with E-state index < -0.39 is 10.0 Å². The van der Waals surface area contributed by atoms with Crippen molar-refractivity contribution in [3.63, 3.8) is 0 Å². The molecule has 1 rings (SSSR count). The van der Waals surface area contributed by atoms with Gasteiger partial charge in [-0.1, -0.05) is 13.8 Å². The number of thiophene rings is 1. The van der Waals surface area contributed by atoms with Crippen LogP contribution >= 0.6 is 11.3 Å². The van der Waals surface area contributed by atoms with Gasteiger partial charge in [0.2, 0.25) is 10.0 Å². The molecule has 0 fully saturated rings. The lowest BCUT2D eigenvalue weighted by molar-refractivity contribution is 0.146. The Morgan fingerprint density at radius 3 is 2.71 bits per heavy atom. The van der Waals surface area contributed by atoms with Gasteiger partial charge < -0.3 is 10.1 Å². The SMILES string of the molecule is CCOCCCNS(=O)(=O)c1cc(C)c(CNC(C)C)s1. The van der Waals surface area contributed by atoms with Gasteiger partial charge in [-0.2, -0.15) is 0 Å². The lowest BCUT2D eigenvalue weighted by Gasteiger charge is -2.06. The van der Waals surface area contributed by atoms with E-state index in [1.54, 1.807) is 6.07 Å². The largest absolute Gasteiger partial charge is 0.382 e. The molecule has 0 amide bonds. The van der Waals surface area contributed by atoms with E-state index in [0.29, 0.717) is 43.0 Å². The number of ether oxygens (including phenoxy) is 1. The molecule has 0 saturated carbocycles. The van der Waals surface area contributed by atoms with Crippen molar-refractivity contribution >= 4 is 21.4 Å². The van der Waals surface area contributed by atoms with Crippen LogP contribution < -0.4 is 10.0 Å². The number of rotatable bonds is 10. The second kappa shape index (κ2) is 8.85. The van der Waals surface area contributed by atoms with E-state index in [9.17, 15) is 8.42 Å². The highest BCUT2D eigenvalue weighted by Crippen LogP contribution is 2.25. The van der Waals surface area contributed by atoms with Crippen LogP contribution in [0.15, 0.2) is 10.3 Å². The Kier molecular flexibility index (Phi) is 7.83. The molecule has 0 aliphatic heterocycles. The molecular weight excluding hydrogens is 308 g/mol. The molecule has 5 nitrogen and oxygen atoms in total. The van der Waals surface area contributed by atoms with Crippen LogP contribution in [-0.2, 0) is 21.3 Å². The number of nitrogens with one attached hydrogen (secondary N) is 2. The van der Waals surface area contributed by atoms with Crippen molar-refractivity contribution in [2.24, 2.45) is 0 Å². The highest BCUT2D eigenvalue weighted by Gasteiger charge is 2.18. The Hall–Kier alpha value is -0.470. The second-order valence-electron chi connectivity index (χ2n) is 5.16. The molecule has 0 radical (unpaired) electrons. The molecule has 0 atom stereocenters. The first-order chi connectivity index (χ1) is 9.86. The number of sulfonamides is 1. The monoisotopic (exact) mass is 334 g/mol. The van der Waals surface area contributed by atoms with E-state index in [-0.39, 0.29) is 0 Å². The van der Waals surface area contributed by atoms with Crippen molar-refractivity contribution in [2.75, 3.05) is 19.8 Å². The molecule has 21 heavy (non-hydrogen) atoms. The Bertz CT molecular complexity index is 524. The molecule has 1 aromatic heterocycles. The summed E-state index contributed by atoms with van der Waals surface area (Å²) >= 11 is 1.33. The lowest BCUT2D eigenvalue weighted by Crippen LogP contribution is -2.24. The molecule has 0 spiro atoms. The van der Waals surface area contributed by atoms with Gasteiger partial charge in [0.05, 0.1) is 0 Å². The predicted octanol–water partition coefficient (Wildman–Crippen LogP) is 2.26. The summed E-state index contributed by atoms with van der Waals surface area (Å²) in [7, 11) is -3.40. The van der Waals surface area contributed by atoms with Crippen LogP contribution in [-0.4, -0.2) is 34.2 Å². The molecule has 2 N–H and O–H groups in total. The summed E-state index contributed by atoms with van der Waals surface area (Å²) in [6.45, 7) is 10.3. The number of aryl methyl sites for hydroxylation is 1. The highest BCUT2D eigenvalue weighted by atomic mass is 32.2. The average molecular weight is 335 g/mol. The van der Waals surface area contributed by atoms with Crippen LogP contribution in [0.1, 0.15) is 37.6 Å². The second-order valence-corrected chi connectivity index (χ2v) is 8.29. The third-order valence-corrected chi connectivity index (χ3v) is 6.07. The zero-order valence-electron chi connectivity index (χ0n) is 13.2. The summed E-state index contributed by atoms with van der Waals surface area (Å²) in [5, 5.41) is 3.31. The standard InChI is InChI=1S/C14H26N2O3S2/c1-5-19-8-6-7-16-21(17,18)14-9-12(4)13(20-14)10-15-11(2)3/h9,11,15-16H,5-8,10H2,1-4H3. The van der Waals surface area contributed by atoms with E-state index in [2.05, 4.69) is 23.9 Å². The van der Waals surface area contributed by atoms with E-state index in [4.69, 9.17) is 4.74 Å². The molecule has 1 heterocycles. The van der Waals surface area contributed by atoms with Gasteiger partial charge in [0.1, 0.15) is 4.21 Å². The molecule has 0 aromatic carbocycles. The van der Waals surface area contributed by atoms with Crippen molar-refractivity contribution < 1.29 is 13.2 Å². The van der Waals surface area contributed by atoms with Gasteiger partial charge in [0.25, 0.3) is 0 Å². The summed E-state index contributed by atoms with van der Waals surface area (Å²) in [6.07, 6.45) is 0.680. The third-order valence-electron chi connectivity index (χ3n) is 2.90. The normalized spacial score (nSPS) is 12.2. The summed E-state index contributed by atoms with van der Waals surface area (Å²) in [4.78, 5) is 1.07. The van der Waals surface area contributed by atoms with Gasteiger partial charge in [0.15, 0.2) is 0 Å². The van der Waals surface area contributed by atoms with Crippen LogP contribution in [0.5, 0.6) is 0 Å². The minimum atomic E-state index is -3.40. The highest BCUT2D eigenvalue weighted by molar-refractivity contribution is 7.91. The maximum atomic E-state index is 12.2. The zero-order chi connectivity index (χ0) is 15.9. The summed E-state index contributed by atoms with van der Waals surface area (Å²) < 4.78 is 32.6. The number of hydrogen-bond donors (Lipinski definition) is 2.